The smallest absolute Gasteiger partial charge is 0.273 e. The minimum absolute atomic E-state index is 0.322. The van der Waals surface area contributed by atoms with E-state index >= 15 is 0 Å². The van der Waals surface area contributed by atoms with Crippen molar-refractivity contribution in [1.29, 1.82) is 5.26 Å². The summed E-state index contributed by atoms with van der Waals surface area (Å²) in [6.07, 6.45) is 3.35. The topological polar surface area (TPSA) is 94.5 Å². The molecule has 1 amide bonds. The second-order valence-electron chi connectivity index (χ2n) is 4.56. The summed E-state index contributed by atoms with van der Waals surface area (Å²) in [5, 5.41) is 18.4. The highest BCUT2D eigenvalue weighted by Gasteiger charge is 2.11. The van der Waals surface area contributed by atoms with Gasteiger partial charge in [-0.05, 0) is 36.4 Å². The SMILES string of the molecule is N#Cc1cccc(NC(=O)c2cc(-c3cccnc3)n[nH]2)c1. The Morgan fingerprint density at radius 3 is 2.91 bits per heavy atom. The summed E-state index contributed by atoms with van der Waals surface area (Å²) >= 11 is 0. The van der Waals surface area contributed by atoms with E-state index in [9.17, 15) is 4.79 Å². The molecule has 106 valence electrons. The molecule has 2 N–H and O–H groups in total. The molecular formula is C16H11N5O. The van der Waals surface area contributed by atoms with Gasteiger partial charge in [-0.15, -0.1) is 0 Å². The van der Waals surface area contributed by atoms with Crippen LogP contribution in [0.2, 0.25) is 0 Å². The molecule has 0 unspecified atom stereocenters. The van der Waals surface area contributed by atoms with Crippen LogP contribution in [-0.2, 0) is 0 Å². The average molecular weight is 289 g/mol. The molecule has 6 heteroatoms. The van der Waals surface area contributed by atoms with Gasteiger partial charge in [-0.3, -0.25) is 14.9 Å². The van der Waals surface area contributed by atoms with E-state index in [0.717, 1.165) is 5.56 Å². The third kappa shape index (κ3) is 2.83. The molecule has 0 aliphatic heterocycles. The van der Waals surface area contributed by atoms with E-state index in [0.29, 0.717) is 22.6 Å². The zero-order valence-electron chi connectivity index (χ0n) is 11.4. The van der Waals surface area contributed by atoms with Crippen LogP contribution >= 0.6 is 0 Å². The molecule has 6 nitrogen and oxygen atoms in total. The molecule has 0 saturated heterocycles. The van der Waals surface area contributed by atoms with Gasteiger partial charge in [-0.1, -0.05) is 6.07 Å². The van der Waals surface area contributed by atoms with Crippen molar-refractivity contribution >= 4 is 11.6 Å². The first-order valence-electron chi connectivity index (χ1n) is 6.53. The van der Waals surface area contributed by atoms with E-state index < -0.39 is 0 Å². The second kappa shape index (κ2) is 5.89. The Morgan fingerprint density at radius 1 is 1.23 bits per heavy atom. The van der Waals surface area contributed by atoms with Crippen molar-refractivity contribution in [2.24, 2.45) is 0 Å². The molecule has 1 aromatic carbocycles. The van der Waals surface area contributed by atoms with Crippen molar-refractivity contribution in [2.45, 2.75) is 0 Å². The molecule has 0 atom stereocenters. The van der Waals surface area contributed by atoms with Crippen LogP contribution in [0.25, 0.3) is 11.3 Å². The van der Waals surface area contributed by atoms with Gasteiger partial charge in [0.2, 0.25) is 0 Å². The first kappa shape index (κ1) is 13.5. The van der Waals surface area contributed by atoms with Crippen LogP contribution in [0.1, 0.15) is 16.1 Å². The highest BCUT2D eigenvalue weighted by atomic mass is 16.1. The summed E-state index contributed by atoms with van der Waals surface area (Å²) < 4.78 is 0. The molecule has 0 saturated carbocycles. The number of anilines is 1. The van der Waals surface area contributed by atoms with Crippen molar-refractivity contribution < 1.29 is 4.79 Å². The number of aromatic amines is 1. The lowest BCUT2D eigenvalue weighted by Crippen LogP contribution is -2.12. The van der Waals surface area contributed by atoms with Gasteiger partial charge in [0.15, 0.2) is 0 Å². The molecule has 0 radical (unpaired) electrons. The molecule has 2 aromatic heterocycles. The molecular weight excluding hydrogens is 278 g/mol. The minimum Gasteiger partial charge on any atom is -0.321 e. The molecule has 0 spiro atoms. The molecule has 0 aliphatic carbocycles. The van der Waals surface area contributed by atoms with Gasteiger partial charge < -0.3 is 5.32 Å². The molecule has 0 bridgehead atoms. The van der Waals surface area contributed by atoms with Gasteiger partial charge in [-0.2, -0.15) is 10.4 Å². The average Bonchev–Trinajstić information content (AvgIpc) is 3.06. The van der Waals surface area contributed by atoms with Gasteiger partial charge in [-0.25, -0.2) is 0 Å². The van der Waals surface area contributed by atoms with Crippen molar-refractivity contribution in [3.8, 4) is 17.3 Å². The van der Waals surface area contributed by atoms with Crippen molar-refractivity contribution in [3.63, 3.8) is 0 Å². The van der Waals surface area contributed by atoms with E-state index in [1.807, 2.05) is 12.1 Å². The van der Waals surface area contributed by atoms with Crippen molar-refractivity contribution in [2.75, 3.05) is 5.32 Å². The van der Waals surface area contributed by atoms with Crippen LogP contribution in [0.4, 0.5) is 5.69 Å². The molecule has 3 aromatic rings. The van der Waals surface area contributed by atoms with Crippen LogP contribution in [-0.4, -0.2) is 21.1 Å². The lowest BCUT2D eigenvalue weighted by atomic mass is 10.2. The first-order valence-corrected chi connectivity index (χ1v) is 6.53. The number of amides is 1. The molecule has 0 aliphatic rings. The fourth-order valence-corrected chi connectivity index (χ4v) is 1.97. The van der Waals surface area contributed by atoms with Crippen molar-refractivity contribution in [3.05, 3.63) is 66.1 Å². The fourth-order valence-electron chi connectivity index (χ4n) is 1.97. The first-order chi connectivity index (χ1) is 10.8. The van der Waals surface area contributed by atoms with E-state index in [-0.39, 0.29) is 5.91 Å². The Kier molecular flexibility index (Phi) is 3.62. The van der Waals surface area contributed by atoms with Gasteiger partial charge in [0, 0.05) is 23.6 Å². The van der Waals surface area contributed by atoms with Crippen molar-refractivity contribution in [1.82, 2.24) is 15.2 Å². The van der Waals surface area contributed by atoms with Crippen LogP contribution in [0.15, 0.2) is 54.9 Å². The Labute approximate surface area is 126 Å². The number of H-pyrrole nitrogens is 1. The van der Waals surface area contributed by atoms with Crippen LogP contribution in [0.3, 0.4) is 0 Å². The fraction of sp³-hybridized carbons (Fsp3) is 0. The highest BCUT2D eigenvalue weighted by Crippen LogP contribution is 2.17. The number of nitrogens with one attached hydrogen (secondary N) is 2. The Morgan fingerprint density at radius 2 is 2.14 bits per heavy atom. The van der Waals surface area contributed by atoms with Crippen LogP contribution in [0.5, 0.6) is 0 Å². The third-order valence-electron chi connectivity index (χ3n) is 3.03. The summed E-state index contributed by atoms with van der Waals surface area (Å²) in [5.41, 5.74) is 2.84. The predicted octanol–water partition coefficient (Wildman–Crippen LogP) is 2.60. The largest absolute Gasteiger partial charge is 0.321 e. The number of hydrogen-bond donors (Lipinski definition) is 2. The quantitative estimate of drug-likeness (QED) is 0.774. The summed E-state index contributed by atoms with van der Waals surface area (Å²) in [7, 11) is 0. The predicted molar refractivity (Wildman–Crippen MR) is 80.9 cm³/mol. The highest BCUT2D eigenvalue weighted by molar-refractivity contribution is 6.03. The molecule has 0 fully saturated rings. The van der Waals surface area contributed by atoms with E-state index in [4.69, 9.17) is 5.26 Å². The number of carbonyl (C=O) groups excluding carboxylic acids is 1. The number of nitrogens with zero attached hydrogens (tertiary/aromatic N) is 3. The lowest BCUT2D eigenvalue weighted by molar-refractivity contribution is 0.102. The Hall–Kier alpha value is -3.46. The maximum absolute atomic E-state index is 12.2. The molecule has 22 heavy (non-hydrogen) atoms. The Balaban J connectivity index is 1.79. The van der Waals surface area contributed by atoms with E-state index in [1.165, 1.54) is 0 Å². The second-order valence-corrected chi connectivity index (χ2v) is 4.56. The lowest BCUT2D eigenvalue weighted by Gasteiger charge is -2.03. The summed E-state index contributed by atoms with van der Waals surface area (Å²) in [6, 6.07) is 14.1. The van der Waals surface area contributed by atoms with Gasteiger partial charge >= 0.3 is 0 Å². The van der Waals surface area contributed by atoms with Gasteiger partial charge in [0.1, 0.15) is 5.69 Å². The normalized spacial score (nSPS) is 9.95. The number of benzene rings is 1. The number of aromatic nitrogens is 3. The Bertz CT molecular complexity index is 848. The maximum atomic E-state index is 12.2. The number of carbonyl (C=O) groups is 1. The zero-order valence-corrected chi connectivity index (χ0v) is 11.4. The zero-order chi connectivity index (χ0) is 15.4. The maximum Gasteiger partial charge on any atom is 0.273 e. The minimum atomic E-state index is -0.322. The summed E-state index contributed by atoms with van der Waals surface area (Å²) in [4.78, 5) is 16.2. The third-order valence-corrected chi connectivity index (χ3v) is 3.03. The number of rotatable bonds is 3. The summed E-state index contributed by atoms with van der Waals surface area (Å²) in [6.45, 7) is 0. The molecule has 3 rings (SSSR count). The van der Waals surface area contributed by atoms with Gasteiger partial charge in [0.05, 0.1) is 17.3 Å². The molecule has 2 heterocycles. The summed E-state index contributed by atoms with van der Waals surface area (Å²) in [5.74, 6) is -0.322. The number of pyridine rings is 1. The monoisotopic (exact) mass is 289 g/mol. The standard InChI is InChI=1S/C16H11N5O/c17-9-11-3-1-5-13(7-11)19-16(22)15-8-14(20-21-15)12-4-2-6-18-10-12/h1-8,10H,(H,19,22)(H,20,21). The number of nitriles is 1. The van der Waals surface area contributed by atoms with Gasteiger partial charge in [0.25, 0.3) is 5.91 Å². The van der Waals surface area contributed by atoms with Crippen LogP contribution < -0.4 is 5.32 Å². The number of hydrogen-bond acceptors (Lipinski definition) is 4. The van der Waals surface area contributed by atoms with E-state index in [1.54, 1.807) is 48.8 Å². The van der Waals surface area contributed by atoms with Crippen LogP contribution in [0, 0.1) is 11.3 Å². The van der Waals surface area contributed by atoms with E-state index in [2.05, 4.69) is 20.5 Å².